The van der Waals surface area contributed by atoms with Gasteiger partial charge >= 0.3 is 5.97 Å². The number of rotatable bonds is 5. The van der Waals surface area contributed by atoms with Crippen LogP contribution in [0.15, 0.2) is 8.89 Å². The van der Waals surface area contributed by atoms with Gasteiger partial charge in [-0.25, -0.2) is 4.79 Å². The molecule has 0 amide bonds. The minimum atomic E-state index is -0.528. The number of hydrogen-bond acceptors (Lipinski definition) is 6. The van der Waals surface area contributed by atoms with Crippen molar-refractivity contribution in [2.45, 2.75) is 20.4 Å². The second kappa shape index (κ2) is 6.80. The Morgan fingerprint density at radius 3 is 2.57 bits per heavy atom. The number of methoxy groups -OCH3 is 1. The Balaban J connectivity index is 2.87. The molecule has 2 rings (SSSR count). The number of phenols is 1. The second-order valence-electron chi connectivity index (χ2n) is 5.37. The van der Waals surface area contributed by atoms with Crippen LogP contribution in [0.1, 0.15) is 28.6 Å². The molecule has 1 heterocycles. The van der Waals surface area contributed by atoms with E-state index in [4.69, 9.17) is 13.9 Å². The molecule has 0 atom stereocenters. The van der Waals surface area contributed by atoms with Gasteiger partial charge in [0.2, 0.25) is 0 Å². The Bertz CT molecular complexity index is 751. The number of phenolic OH excluding ortho intramolecular Hbond substituents is 1. The monoisotopic (exact) mass is 385 g/mol. The summed E-state index contributed by atoms with van der Waals surface area (Å²) in [6.07, 6.45) is 0. The van der Waals surface area contributed by atoms with E-state index in [0.29, 0.717) is 27.7 Å². The smallest absolute Gasteiger partial charge is 0.342 e. The summed E-state index contributed by atoms with van der Waals surface area (Å²) >= 11 is 3.46. The zero-order valence-electron chi connectivity index (χ0n) is 13.8. The van der Waals surface area contributed by atoms with Gasteiger partial charge in [0.25, 0.3) is 0 Å². The maximum atomic E-state index is 12.3. The van der Waals surface area contributed by atoms with Crippen molar-refractivity contribution in [3.05, 3.63) is 21.4 Å². The van der Waals surface area contributed by atoms with Gasteiger partial charge in [-0.15, -0.1) is 0 Å². The molecular formula is C16H20BrNO5. The van der Waals surface area contributed by atoms with Crippen LogP contribution in [0, 0.1) is 6.92 Å². The number of benzene rings is 1. The minimum absolute atomic E-state index is 0.142. The molecule has 0 aliphatic rings. The number of fused-ring (bicyclic) bond motifs is 1. The number of nitrogens with zero attached hydrogens (tertiary/aromatic N) is 1. The fourth-order valence-corrected chi connectivity index (χ4v) is 3.19. The Morgan fingerprint density at radius 2 is 2.04 bits per heavy atom. The van der Waals surface area contributed by atoms with Crippen molar-refractivity contribution in [3.8, 4) is 11.5 Å². The Kier molecular flexibility index (Phi) is 5.21. The molecule has 0 unspecified atom stereocenters. The van der Waals surface area contributed by atoms with Crippen LogP contribution >= 0.6 is 15.9 Å². The predicted molar refractivity (Wildman–Crippen MR) is 90.2 cm³/mol. The normalized spacial score (nSPS) is 11.3. The van der Waals surface area contributed by atoms with Gasteiger partial charge in [0.05, 0.1) is 23.6 Å². The van der Waals surface area contributed by atoms with Crippen LogP contribution in [-0.4, -0.2) is 43.8 Å². The minimum Gasteiger partial charge on any atom is -0.504 e. The summed E-state index contributed by atoms with van der Waals surface area (Å²) < 4.78 is 16.8. The average Bonchev–Trinajstić information content (AvgIpc) is 2.81. The molecule has 0 aliphatic heterocycles. The van der Waals surface area contributed by atoms with E-state index in [-0.39, 0.29) is 23.7 Å². The molecule has 0 radical (unpaired) electrons. The first-order valence-electron chi connectivity index (χ1n) is 7.15. The number of carbonyl (C=O) groups excluding carboxylic acids is 1. The first-order valence-corrected chi connectivity index (χ1v) is 7.94. The molecule has 1 aromatic heterocycles. The van der Waals surface area contributed by atoms with E-state index in [2.05, 4.69) is 15.9 Å². The van der Waals surface area contributed by atoms with Crippen molar-refractivity contribution in [1.82, 2.24) is 4.90 Å². The van der Waals surface area contributed by atoms with Crippen molar-refractivity contribution in [2.24, 2.45) is 0 Å². The Morgan fingerprint density at radius 1 is 1.39 bits per heavy atom. The molecule has 126 valence electrons. The van der Waals surface area contributed by atoms with Crippen LogP contribution in [0.5, 0.6) is 11.5 Å². The third-order valence-electron chi connectivity index (χ3n) is 3.43. The molecule has 0 bridgehead atoms. The van der Waals surface area contributed by atoms with E-state index in [1.807, 2.05) is 19.0 Å². The van der Waals surface area contributed by atoms with Crippen molar-refractivity contribution >= 4 is 32.9 Å². The number of carbonyl (C=O) groups is 1. The van der Waals surface area contributed by atoms with E-state index < -0.39 is 5.97 Å². The summed E-state index contributed by atoms with van der Waals surface area (Å²) in [6, 6.07) is 0. The molecule has 0 saturated carbocycles. The number of furan rings is 1. The van der Waals surface area contributed by atoms with E-state index in [1.54, 1.807) is 13.8 Å². The van der Waals surface area contributed by atoms with Gasteiger partial charge in [-0.2, -0.15) is 0 Å². The summed E-state index contributed by atoms with van der Waals surface area (Å²) in [5.74, 6) is -0.00868. The van der Waals surface area contributed by atoms with Crippen molar-refractivity contribution in [3.63, 3.8) is 0 Å². The van der Waals surface area contributed by atoms with Gasteiger partial charge in [-0.05, 0) is 43.9 Å². The van der Waals surface area contributed by atoms with Crippen molar-refractivity contribution < 1.29 is 23.8 Å². The van der Waals surface area contributed by atoms with Gasteiger partial charge in [0.15, 0.2) is 11.5 Å². The lowest BCUT2D eigenvalue weighted by molar-refractivity contribution is 0.0526. The van der Waals surface area contributed by atoms with Crippen molar-refractivity contribution in [1.29, 1.82) is 0 Å². The highest BCUT2D eigenvalue weighted by Crippen LogP contribution is 2.47. The fourth-order valence-electron chi connectivity index (χ4n) is 2.53. The quantitative estimate of drug-likeness (QED) is 0.794. The Hall–Kier alpha value is -1.73. The fraction of sp³-hybridized carbons (Fsp3) is 0.438. The molecule has 0 aliphatic carbocycles. The number of ether oxygens (including phenoxy) is 2. The van der Waals surface area contributed by atoms with Crippen LogP contribution < -0.4 is 4.74 Å². The number of halogens is 1. The molecule has 7 heteroatoms. The van der Waals surface area contributed by atoms with Crippen LogP contribution in [0.4, 0.5) is 0 Å². The summed E-state index contributed by atoms with van der Waals surface area (Å²) in [4.78, 5) is 14.2. The van der Waals surface area contributed by atoms with Crippen LogP contribution in [0.3, 0.4) is 0 Å². The lowest BCUT2D eigenvalue weighted by Gasteiger charge is -2.16. The Labute approximate surface area is 143 Å². The van der Waals surface area contributed by atoms with E-state index in [1.165, 1.54) is 7.11 Å². The SMILES string of the molecule is CCOC(=O)c1c(C)oc2c(CN(C)C)c(Br)c(OC)c(O)c12. The van der Waals surface area contributed by atoms with Gasteiger partial charge in [0.1, 0.15) is 16.9 Å². The van der Waals surface area contributed by atoms with E-state index >= 15 is 0 Å². The maximum absolute atomic E-state index is 12.3. The highest BCUT2D eigenvalue weighted by Gasteiger charge is 2.29. The third-order valence-corrected chi connectivity index (χ3v) is 4.27. The number of aromatic hydroxyl groups is 1. The first kappa shape index (κ1) is 17.6. The van der Waals surface area contributed by atoms with E-state index in [0.717, 1.165) is 5.56 Å². The lowest BCUT2D eigenvalue weighted by Crippen LogP contribution is -2.12. The topological polar surface area (TPSA) is 72.1 Å². The van der Waals surface area contributed by atoms with Gasteiger partial charge in [0, 0.05) is 12.1 Å². The molecule has 23 heavy (non-hydrogen) atoms. The predicted octanol–water partition coefficient (Wildman–Crippen LogP) is 3.46. The average molecular weight is 386 g/mol. The molecule has 2 aromatic rings. The van der Waals surface area contributed by atoms with Gasteiger partial charge in [-0.1, -0.05) is 0 Å². The number of aryl methyl sites for hydroxylation is 1. The van der Waals surface area contributed by atoms with Crippen LogP contribution in [0.25, 0.3) is 11.0 Å². The highest BCUT2D eigenvalue weighted by atomic mass is 79.9. The molecule has 0 fully saturated rings. The summed E-state index contributed by atoms with van der Waals surface area (Å²) in [5, 5.41) is 10.9. The second-order valence-corrected chi connectivity index (χ2v) is 6.16. The lowest BCUT2D eigenvalue weighted by atomic mass is 10.0. The van der Waals surface area contributed by atoms with Gasteiger partial charge in [-0.3, -0.25) is 0 Å². The van der Waals surface area contributed by atoms with Gasteiger partial charge < -0.3 is 23.9 Å². The summed E-state index contributed by atoms with van der Waals surface area (Å²) in [6.45, 7) is 4.18. The largest absolute Gasteiger partial charge is 0.504 e. The number of hydrogen-bond donors (Lipinski definition) is 1. The zero-order chi connectivity index (χ0) is 17.3. The summed E-state index contributed by atoms with van der Waals surface area (Å²) in [5.41, 5.74) is 1.47. The zero-order valence-corrected chi connectivity index (χ0v) is 15.4. The molecule has 1 aromatic carbocycles. The molecule has 0 spiro atoms. The highest BCUT2D eigenvalue weighted by molar-refractivity contribution is 9.10. The van der Waals surface area contributed by atoms with E-state index in [9.17, 15) is 9.90 Å². The number of esters is 1. The van der Waals surface area contributed by atoms with Crippen LogP contribution in [0.2, 0.25) is 0 Å². The van der Waals surface area contributed by atoms with Crippen LogP contribution in [-0.2, 0) is 11.3 Å². The maximum Gasteiger partial charge on any atom is 0.342 e. The summed E-state index contributed by atoms with van der Waals surface area (Å²) in [7, 11) is 5.29. The molecule has 0 saturated heterocycles. The third kappa shape index (κ3) is 3.03. The molecule has 1 N–H and O–H groups in total. The molecular weight excluding hydrogens is 366 g/mol. The van der Waals surface area contributed by atoms with Crippen molar-refractivity contribution in [2.75, 3.05) is 27.8 Å². The molecule has 6 nitrogen and oxygen atoms in total. The first-order chi connectivity index (χ1) is 10.8. The standard InChI is InChI=1S/C16H20BrNO5/c1-6-22-16(20)10-8(2)23-14-9(7-18(3)4)12(17)15(21-5)13(19)11(10)14/h19H,6-7H2,1-5H3.